The Morgan fingerprint density at radius 3 is 2.87 bits per heavy atom. The van der Waals surface area contributed by atoms with Crippen LogP contribution in [-0.2, 0) is 9.53 Å². The second-order valence-corrected chi connectivity index (χ2v) is 10.3. The van der Waals surface area contributed by atoms with E-state index in [0.29, 0.717) is 18.3 Å². The fourth-order valence-corrected chi connectivity index (χ4v) is 7.47. The van der Waals surface area contributed by atoms with E-state index in [1.54, 1.807) is 24.3 Å². The summed E-state index contributed by atoms with van der Waals surface area (Å²) in [5.41, 5.74) is 0.614. The van der Waals surface area contributed by atoms with E-state index in [4.69, 9.17) is 9.15 Å². The molecule has 0 aromatic carbocycles. The number of rotatable bonds is 2. The first-order valence-corrected chi connectivity index (χ1v) is 11.1. The SMILES string of the molecule is C[C@@H]1C[C@H]2[C@@H]3CCC4=CC(=O)C=C[C@]4(C)[C@H]3[C@@H](O)C[C@]2(C)[C@@H]1OC(=O)c1ccco1. The molecule has 1 N–H and O–H groups in total. The molecule has 5 nitrogen and oxygen atoms in total. The van der Waals surface area contributed by atoms with Gasteiger partial charge in [-0.1, -0.05) is 32.4 Å². The Bertz CT molecular complexity index is 927. The third-order valence-electron chi connectivity index (χ3n) is 8.68. The van der Waals surface area contributed by atoms with Gasteiger partial charge in [-0.2, -0.15) is 0 Å². The van der Waals surface area contributed by atoms with Crippen molar-refractivity contribution < 1.29 is 23.8 Å². The van der Waals surface area contributed by atoms with Crippen molar-refractivity contribution in [3.05, 3.63) is 48.0 Å². The summed E-state index contributed by atoms with van der Waals surface area (Å²) < 4.78 is 11.2. The van der Waals surface area contributed by atoms with Crippen molar-refractivity contribution in [2.24, 2.45) is 34.5 Å². The van der Waals surface area contributed by atoms with Gasteiger partial charge in [-0.05, 0) is 67.7 Å². The zero-order chi connectivity index (χ0) is 21.3. The number of fused-ring (bicyclic) bond motifs is 5. The Morgan fingerprint density at radius 2 is 2.13 bits per heavy atom. The number of aliphatic hydroxyl groups is 1. The smallest absolute Gasteiger partial charge is 0.374 e. The van der Waals surface area contributed by atoms with E-state index < -0.39 is 12.1 Å². The number of allylic oxidation sites excluding steroid dienone is 4. The maximum absolute atomic E-state index is 12.6. The topological polar surface area (TPSA) is 76.7 Å². The van der Waals surface area contributed by atoms with Gasteiger partial charge in [0.25, 0.3) is 0 Å². The van der Waals surface area contributed by atoms with Crippen LogP contribution < -0.4 is 0 Å². The third kappa shape index (κ3) is 2.71. The molecule has 4 aliphatic carbocycles. The monoisotopic (exact) mass is 410 g/mol. The van der Waals surface area contributed by atoms with Crippen LogP contribution in [-0.4, -0.2) is 29.1 Å². The lowest BCUT2D eigenvalue weighted by molar-refractivity contribution is -0.133. The van der Waals surface area contributed by atoms with Crippen molar-refractivity contribution in [2.75, 3.05) is 0 Å². The number of hydrogen-bond donors (Lipinski definition) is 1. The minimum atomic E-state index is -0.502. The lowest BCUT2D eigenvalue weighted by atomic mass is 9.47. The fraction of sp³-hybridized carbons (Fsp3) is 0.600. The Morgan fingerprint density at radius 1 is 1.33 bits per heavy atom. The number of ketones is 1. The van der Waals surface area contributed by atoms with E-state index in [1.165, 1.54) is 6.26 Å². The average molecular weight is 411 g/mol. The molecule has 8 atom stereocenters. The summed E-state index contributed by atoms with van der Waals surface area (Å²) in [6.07, 6.45) is 9.64. The highest BCUT2D eigenvalue weighted by molar-refractivity contribution is 6.01. The molecule has 5 heteroatoms. The van der Waals surface area contributed by atoms with E-state index in [9.17, 15) is 14.7 Å². The van der Waals surface area contributed by atoms with Gasteiger partial charge in [0.05, 0.1) is 12.4 Å². The minimum absolute atomic E-state index is 0.0513. The quantitative estimate of drug-likeness (QED) is 0.735. The number of carbonyl (C=O) groups excluding carboxylic acids is 2. The summed E-state index contributed by atoms with van der Waals surface area (Å²) in [5.74, 6) is 0.874. The van der Waals surface area contributed by atoms with E-state index in [0.717, 1.165) is 24.8 Å². The van der Waals surface area contributed by atoms with Crippen LogP contribution in [0.5, 0.6) is 0 Å². The average Bonchev–Trinajstić information content (AvgIpc) is 3.30. The van der Waals surface area contributed by atoms with E-state index in [-0.39, 0.29) is 40.3 Å². The Kier molecular flexibility index (Phi) is 4.41. The van der Waals surface area contributed by atoms with E-state index >= 15 is 0 Å². The van der Waals surface area contributed by atoms with Crippen LogP contribution in [0, 0.1) is 34.5 Å². The highest BCUT2D eigenvalue weighted by Crippen LogP contribution is 2.65. The standard InChI is InChI=1S/C25H30O5/c1-14-11-18-17-7-6-15-12-16(26)8-9-24(15,2)21(17)19(27)13-25(18,3)22(14)30-23(28)20-5-4-10-29-20/h4-5,8-10,12,14,17-19,21-22,27H,6-7,11,13H2,1-3H3/t14-,17+,18+,19+,21-,22-,24+,25+/m1/s1. The molecular formula is C25H30O5. The van der Waals surface area contributed by atoms with Crippen molar-refractivity contribution >= 4 is 11.8 Å². The molecule has 160 valence electrons. The summed E-state index contributed by atoms with van der Waals surface area (Å²) in [6, 6.07) is 3.31. The van der Waals surface area contributed by atoms with Crippen LogP contribution in [0.4, 0.5) is 0 Å². The summed E-state index contributed by atoms with van der Waals surface area (Å²) in [4.78, 5) is 24.6. The molecule has 0 bridgehead atoms. The molecule has 30 heavy (non-hydrogen) atoms. The molecule has 3 saturated carbocycles. The molecule has 5 rings (SSSR count). The van der Waals surface area contributed by atoms with Gasteiger partial charge < -0.3 is 14.3 Å². The van der Waals surface area contributed by atoms with Crippen LogP contribution in [0.15, 0.2) is 46.6 Å². The molecule has 1 heterocycles. The highest BCUT2D eigenvalue weighted by atomic mass is 16.6. The first kappa shape index (κ1) is 19.8. The molecule has 3 fully saturated rings. The second-order valence-electron chi connectivity index (χ2n) is 10.3. The van der Waals surface area contributed by atoms with Crippen LogP contribution in [0.1, 0.15) is 57.0 Å². The molecule has 0 spiro atoms. The summed E-state index contributed by atoms with van der Waals surface area (Å²) in [5, 5.41) is 11.4. The van der Waals surface area contributed by atoms with Gasteiger partial charge in [0.1, 0.15) is 6.10 Å². The Hall–Kier alpha value is -2.14. The van der Waals surface area contributed by atoms with Crippen molar-refractivity contribution in [3.8, 4) is 0 Å². The van der Waals surface area contributed by atoms with Gasteiger partial charge in [-0.15, -0.1) is 0 Å². The molecular weight excluding hydrogens is 380 g/mol. The second kappa shape index (κ2) is 6.68. The van der Waals surface area contributed by atoms with Crippen LogP contribution in [0.25, 0.3) is 0 Å². The van der Waals surface area contributed by atoms with Crippen molar-refractivity contribution in [3.63, 3.8) is 0 Å². The lowest BCUT2D eigenvalue weighted by Gasteiger charge is -2.58. The van der Waals surface area contributed by atoms with Gasteiger partial charge >= 0.3 is 5.97 Å². The lowest BCUT2D eigenvalue weighted by Crippen LogP contribution is -2.57. The van der Waals surface area contributed by atoms with Crippen molar-refractivity contribution in [1.29, 1.82) is 0 Å². The van der Waals surface area contributed by atoms with Crippen molar-refractivity contribution in [1.82, 2.24) is 0 Å². The number of aliphatic hydroxyl groups excluding tert-OH is 1. The molecule has 0 saturated heterocycles. The predicted octanol–water partition coefficient (Wildman–Crippen LogP) is 4.33. The number of esters is 1. The fourth-order valence-electron chi connectivity index (χ4n) is 7.47. The number of ether oxygens (including phenoxy) is 1. The van der Waals surface area contributed by atoms with E-state index in [1.807, 2.05) is 6.08 Å². The molecule has 4 aliphatic rings. The summed E-state index contributed by atoms with van der Waals surface area (Å²) in [6.45, 7) is 6.52. The van der Waals surface area contributed by atoms with Crippen LogP contribution in [0.3, 0.4) is 0 Å². The van der Waals surface area contributed by atoms with E-state index in [2.05, 4.69) is 20.8 Å². The molecule has 0 aliphatic heterocycles. The predicted molar refractivity (Wildman–Crippen MR) is 110 cm³/mol. The van der Waals surface area contributed by atoms with Crippen molar-refractivity contribution in [2.45, 2.75) is 58.7 Å². The van der Waals surface area contributed by atoms with Gasteiger partial charge in [0, 0.05) is 16.7 Å². The maximum Gasteiger partial charge on any atom is 0.374 e. The normalized spacial score (nSPS) is 44.7. The van der Waals surface area contributed by atoms with Crippen LogP contribution >= 0.6 is 0 Å². The number of carbonyl (C=O) groups is 2. The first-order chi connectivity index (χ1) is 14.2. The molecule has 1 aromatic heterocycles. The zero-order valence-corrected chi connectivity index (χ0v) is 17.8. The first-order valence-electron chi connectivity index (χ1n) is 11.1. The Balaban J connectivity index is 1.46. The third-order valence-corrected chi connectivity index (χ3v) is 8.68. The highest BCUT2D eigenvalue weighted by Gasteiger charge is 2.64. The van der Waals surface area contributed by atoms with Gasteiger partial charge in [0.2, 0.25) is 5.76 Å². The van der Waals surface area contributed by atoms with Gasteiger partial charge in [-0.3, -0.25) is 4.79 Å². The minimum Gasteiger partial charge on any atom is -0.457 e. The zero-order valence-electron chi connectivity index (χ0n) is 17.8. The summed E-state index contributed by atoms with van der Waals surface area (Å²) >= 11 is 0. The molecule has 0 amide bonds. The van der Waals surface area contributed by atoms with Gasteiger partial charge in [0.15, 0.2) is 5.78 Å². The maximum atomic E-state index is 12.6. The Labute approximate surface area is 177 Å². The van der Waals surface area contributed by atoms with Crippen LogP contribution in [0.2, 0.25) is 0 Å². The largest absolute Gasteiger partial charge is 0.457 e. The number of furan rings is 1. The van der Waals surface area contributed by atoms with Gasteiger partial charge in [-0.25, -0.2) is 4.79 Å². The molecule has 1 aromatic rings. The number of hydrogen-bond acceptors (Lipinski definition) is 5. The molecule has 0 unspecified atom stereocenters. The summed E-state index contributed by atoms with van der Waals surface area (Å²) in [7, 11) is 0. The molecule has 0 radical (unpaired) electrons.